The summed E-state index contributed by atoms with van der Waals surface area (Å²) in [4.78, 5) is 25.6. The van der Waals surface area contributed by atoms with Gasteiger partial charge in [0.15, 0.2) is 0 Å². The van der Waals surface area contributed by atoms with Gasteiger partial charge in [-0.3, -0.25) is 9.59 Å². The minimum absolute atomic E-state index is 0.130. The molecule has 0 unspecified atom stereocenters. The van der Waals surface area contributed by atoms with Crippen molar-refractivity contribution in [3.63, 3.8) is 0 Å². The zero-order valence-corrected chi connectivity index (χ0v) is 17.0. The lowest BCUT2D eigenvalue weighted by Gasteiger charge is -2.15. The number of aryl methyl sites for hydroxylation is 1. The van der Waals surface area contributed by atoms with Crippen LogP contribution in [0.1, 0.15) is 23.1 Å². The van der Waals surface area contributed by atoms with Crippen molar-refractivity contribution in [2.45, 2.75) is 31.2 Å². The van der Waals surface area contributed by atoms with Crippen molar-refractivity contribution in [2.24, 2.45) is 0 Å². The first-order valence-corrected chi connectivity index (χ1v) is 10.0. The highest BCUT2D eigenvalue weighted by Crippen LogP contribution is 2.29. The molecular weight excluding hydrogens is 425 g/mol. The van der Waals surface area contributed by atoms with E-state index in [0.29, 0.717) is 17.7 Å². The lowest BCUT2D eigenvalue weighted by Crippen LogP contribution is -2.29. The average molecular weight is 448 g/mol. The fraction of sp³-hybridized carbons (Fsp3) is 0.304. The fourth-order valence-electron chi connectivity index (χ4n) is 3.28. The summed E-state index contributed by atoms with van der Waals surface area (Å²) in [7, 11) is 0. The van der Waals surface area contributed by atoms with Crippen molar-refractivity contribution in [3.05, 3.63) is 71.3 Å². The third kappa shape index (κ3) is 6.41. The molecule has 1 saturated heterocycles. The first-order valence-electron chi connectivity index (χ1n) is 10.0. The Kier molecular flexibility index (Phi) is 7.32. The number of nitrogens with zero attached hydrogens (tertiary/aromatic N) is 1. The minimum atomic E-state index is -4.40. The number of anilines is 1. The monoisotopic (exact) mass is 448 g/mol. The highest BCUT2D eigenvalue weighted by molar-refractivity contribution is 6.01. The number of likely N-dealkylation sites (tertiary alicyclic amines) is 1. The maximum absolute atomic E-state index is 12.6. The molecule has 1 aliphatic heterocycles. The number of benzene rings is 2. The van der Waals surface area contributed by atoms with Gasteiger partial charge in [-0.1, -0.05) is 24.3 Å². The number of nitrogens with one attached hydrogen (secondary N) is 1. The van der Waals surface area contributed by atoms with Crippen molar-refractivity contribution in [3.8, 4) is 0 Å². The molecule has 0 spiro atoms. The minimum Gasteiger partial charge on any atom is -0.388 e. The number of hydrogen-bond acceptors (Lipinski definition) is 4. The zero-order valence-electron chi connectivity index (χ0n) is 17.0. The molecule has 0 radical (unpaired) electrons. The highest BCUT2D eigenvalue weighted by Gasteiger charge is 2.32. The smallest absolute Gasteiger partial charge is 0.388 e. The summed E-state index contributed by atoms with van der Waals surface area (Å²) in [5.74, 6) is -0.578. The topological polar surface area (TPSA) is 89.9 Å². The lowest BCUT2D eigenvalue weighted by molar-refractivity contribution is -0.137. The van der Waals surface area contributed by atoms with Crippen molar-refractivity contribution in [1.29, 1.82) is 0 Å². The van der Waals surface area contributed by atoms with Gasteiger partial charge in [-0.25, -0.2) is 0 Å². The van der Waals surface area contributed by atoms with E-state index in [9.17, 15) is 33.0 Å². The van der Waals surface area contributed by atoms with Gasteiger partial charge >= 0.3 is 6.18 Å². The number of hydrogen-bond donors (Lipinski definition) is 3. The number of carbonyl (C=O) groups is 2. The van der Waals surface area contributed by atoms with Crippen LogP contribution in [0.4, 0.5) is 18.9 Å². The van der Waals surface area contributed by atoms with Crippen LogP contribution in [0.2, 0.25) is 0 Å². The Bertz CT molecular complexity index is 962. The van der Waals surface area contributed by atoms with Crippen LogP contribution in [-0.2, 0) is 22.2 Å². The van der Waals surface area contributed by atoms with Crippen molar-refractivity contribution < 1.29 is 33.0 Å². The van der Waals surface area contributed by atoms with Crippen LogP contribution in [-0.4, -0.2) is 52.2 Å². The largest absolute Gasteiger partial charge is 0.416 e. The predicted octanol–water partition coefficient (Wildman–Crippen LogP) is 2.85. The number of carbonyl (C=O) groups excluding carboxylic acids is 2. The Balaban J connectivity index is 1.47. The van der Waals surface area contributed by atoms with E-state index in [0.717, 1.165) is 17.7 Å². The molecule has 1 fully saturated rings. The number of alkyl halides is 3. The molecule has 2 aromatic rings. The van der Waals surface area contributed by atoms with Gasteiger partial charge in [0, 0.05) is 31.3 Å². The first-order chi connectivity index (χ1) is 15.1. The summed E-state index contributed by atoms with van der Waals surface area (Å²) in [6.45, 7) is 0.260. The van der Waals surface area contributed by atoms with Crippen LogP contribution in [0.25, 0.3) is 6.08 Å². The Morgan fingerprint density at radius 2 is 1.59 bits per heavy atom. The molecule has 3 N–H and O–H groups in total. The van der Waals surface area contributed by atoms with E-state index in [-0.39, 0.29) is 25.4 Å². The third-order valence-electron chi connectivity index (χ3n) is 5.13. The number of amides is 2. The van der Waals surface area contributed by atoms with E-state index < -0.39 is 29.9 Å². The van der Waals surface area contributed by atoms with Crippen LogP contribution in [0, 0.1) is 0 Å². The second-order valence-electron chi connectivity index (χ2n) is 7.57. The van der Waals surface area contributed by atoms with Gasteiger partial charge in [0.1, 0.15) is 0 Å². The highest BCUT2D eigenvalue weighted by atomic mass is 19.4. The summed E-state index contributed by atoms with van der Waals surface area (Å²) in [5.41, 5.74) is 1.13. The van der Waals surface area contributed by atoms with E-state index in [1.165, 1.54) is 29.2 Å². The maximum Gasteiger partial charge on any atom is 0.416 e. The molecule has 9 heteroatoms. The van der Waals surface area contributed by atoms with Crippen LogP contribution >= 0.6 is 0 Å². The van der Waals surface area contributed by atoms with Gasteiger partial charge in [0.25, 0.3) is 0 Å². The number of halogens is 3. The molecule has 0 aliphatic carbocycles. The molecule has 0 bridgehead atoms. The number of aliphatic hydroxyl groups excluding tert-OH is 2. The second kappa shape index (κ2) is 9.97. The van der Waals surface area contributed by atoms with Crippen LogP contribution in [0.5, 0.6) is 0 Å². The van der Waals surface area contributed by atoms with E-state index in [2.05, 4.69) is 5.32 Å². The Morgan fingerprint density at radius 3 is 2.16 bits per heavy atom. The lowest BCUT2D eigenvalue weighted by atomic mass is 10.1. The number of rotatable bonds is 6. The molecule has 32 heavy (non-hydrogen) atoms. The van der Waals surface area contributed by atoms with Gasteiger partial charge < -0.3 is 20.4 Å². The van der Waals surface area contributed by atoms with Crippen molar-refractivity contribution >= 4 is 23.6 Å². The quantitative estimate of drug-likeness (QED) is 0.593. The molecule has 170 valence electrons. The Hall–Kier alpha value is -3.17. The third-order valence-corrected chi connectivity index (χ3v) is 5.13. The molecular formula is C23H23F3N2O4. The first kappa shape index (κ1) is 23.5. The van der Waals surface area contributed by atoms with Crippen molar-refractivity contribution in [1.82, 2.24) is 4.90 Å². The van der Waals surface area contributed by atoms with E-state index in [1.807, 2.05) is 0 Å². The standard InChI is InChI=1S/C23H23F3N2O4/c24-23(25,26)17-7-1-15(2-8-17)5-11-21(31)27-18-9-3-16(4-10-18)6-12-22(32)28-13-19(29)20(30)14-28/h1-5,7-11,19-20,29-30H,6,12-14H2,(H,27,31)/b11-5+/t19-,20-/m1/s1. The van der Waals surface area contributed by atoms with Gasteiger partial charge in [0.2, 0.25) is 11.8 Å². The molecule has 1 aliphatic rings. The summed E-state index contributed by atoms with van der Waals surface area (Å²) in [6, 6.07) is 11.4. The maximum atomic E-state index is 12.6. The summed E-state index contributed by atoms with van der Waals surface area (Å²) < 4.78 is 37.7. The molecule has 3 rings (SSSR count). The normalized spacial score (nSPS) is 18.8. The molecule has 6 nitrogen and oxygen atoms in total. The Morgan fingerprint density at radius 1 is 1.00 bits per heavy atom. The molecule has 2 atom stereocenters. The van der Waals surface area contributed by atoms with Gasteiger partial charge in [-0.2, -0.15) is 13.2 Å². The van der Waals surface area contributed by atoms with E-state index >= 15 is 0 Å². The molecule has 1 heterocycles. The number of aliphatic hydroxyl groups is 2. The molecule has 0 saturated carbocycles. The predicted molar refractivity (Wildman–Crippen MR) is 112 cm³/mol. The van der Waals surface area contributed by atoms with Crippen LogP contribution in [0.3, 0.4) is 0 Å². The fourth-order valence-corrected chi connectivity index (χ4v) is 3.28. The summed E-state index contributed by atoms with van der Waals surface area (Å²) >= 11 is 0. The average Bonchev–Trinajstić information content (AvgIpc) is 3.09. The molecule has 0 aromatic heterocycles. The SMILES string of the molecule is O=C(/C=C/c1ccc(C(F)(F)F)cc1)Nc1ccc(CCC(=O)N2C[C@@H](O)[C@H](O)C2)cc1. The van der Waals surface area contributed by atoms with Gasteiger partial charge in [0.05, 0.1) is 17.8 Å². The van der Waals surface area contributed by atoms with E-state index in [4.69, 9.17) is 0 Å². The van der Waals surface area contributed by atoms with Gasteiger partial charge in [-0.15, -0.1) is 0 Å². The second-order valence-corrected chi connectivity index (χ2v) is 7.57. The number of β-amino-alcohol motifs (C(OH)–C–C–N with tert-alkyl or cyclic N) is 2. The molecule has 2 amide bonds. The summed E-state index contributed by atoms with van der Waals surface area (Å²) in [5, 5.41) is 21.7. The van der Waals surface area contributed by atoms with Crippen molar-refractivity contribution in [2.75, 3.05) is 18.4 Å². The van der Waals surface area contributed by atoms with Crippen LogP contribution in [0.15, 0.2) is 54.6 Å². The van der Waals surface area contributed by atoms with Crippen LogP contribution < -0.4 is 5.32 Å². The van der Waals surface area contributed by atoms with Gasteiger partial charge in [-0.05, 0) is 47.9 Å². The zero-order chi connectivity index (χ0) is 23.3. The Labute approximate surface area is 183 Å². The summed E-state index contributed by atoms with van der Waals surface area (Å²) in [6.07, 6.45) is -2.86. The van der Waals surface area contributed by atoms with E-state index in [1.54, 1.807) is 24.3 Å². The molecule has 2 aromatic carbocycles.